The predicted octanol–water partition coefficient (Wildman–Crippen LogP) is 2.75. The molecule has 0 aliphatic heterocycles. The molecule has 0 aromatic heterocycles. The van der Waals surface area contributed by atoms with E-state index in [0.29, 0.717) is 16.9 Å². The van der Waals surface area contributed by atoms with Crippen molar-refractivity contribution in [1.29, 1.82) is 5.26 Å². The van der Waals surface area contributed by atoms with Gasteiger partial charge >= 0.3 is 0 Å². The second-order valence-corrected chi connectivity index (χ2v) is 4.50. The molecule has 0 unspecified atom stereocenters. The van der Waals surface area contributed by atoms with Crippen LogP contribution in [0.1, 0.15) is 11.1 Å². The van der Waals surface area contributed by atoms with Gasteiger partial charge in [-0.25, -0.2) is 4.39 Å². The molecule has 5 heteroatoms. The van der Waals surface area contributed by atoms with Crippen LogP contribution >= 0.6 is 0 Å². The van der Waals surface area contributed by atoms with Gasteiger partial charge < -0.3 is 10.5 Å². The van der Waals surface area contributed by atoms with Crippen molar-refractivity contribution in [2.45, 2.75) is 0 Å². The molecule has 0 bridgehead atoms. The Labute approximate surface area is 127 Å². The molecule has 1 amide bonds. The van der Waals surface area contributed by atoms with Gasteiger partial charge in [-0.15, -0.1) is 0 Å². The number of nitrogens with two attached hydrogens (primary N) is 1. The zero-order valence-corrected chi connectivity index (χ0v) is 11.6. The summed E-state index contributed by atoms with van der Waals surface area (Å²) in [4.78, 5) is 10.6. The summed E-state index contributed by atoms with van der Waals surface area (Å²) < 4.78 is 18.1. The first-order valence-electron chi connectivity index (χ1n) is 6.47. The van der Waals surface area contributed by atoms with Gasteiger partial charge in [-0.3, -0.25) is 4.79 Å². The molecule has 0 aliphatic rings. The molecule has 0 spiro atoms. The van der Waals surface area contributed by atoms with Crippen LogP contribution in [0.2, 0.25) is 0 Å². The number of hydrogen-bond donors (Lipinski definition) is 1. The Morgan fingerprint density at radius 2 is 1.82 bits per heavy atom. The topological polar surface area (TPSA) is 76.1 Å². The Morgan fingerprint density at radius 3 is 2.36 bits per heavy atom. The number of amides is 1. The van der Waals surface area contributed by atoms with E-state index in [0.717, 1.165) is 5.56 Å². The van der Waals surface area contributed by atoms with Gasteiger partial charge in [0.25, 0.3) is 5.91 Å². The van der Waals surface area contributed by atoms with Crippen LogP contribution in [0.4, 0.5) is 4.39 Å². The minimum Gasteiger partial charge on any atom is -0.484 e. The summed E-state index contributed by atoms with van der Waals surface area (Å²) in [5.41, 5.74) is 6.84. The lowest BCUT2D eigenvalue weighted by Crippen LogP contribution is -2.19. The number of hydrogen-bond acceptors (Lipinski definition) is 3. The highest BCUT2D eigenvalue weighted by Crippen LogP contribution is 2.20. The molecule has 0 radical (unpaired) electrons. The van der Waals surface area contributed by atoms with Crippen molar-refractivity contribution < 1.29 is 13.9 Å². The minimum absolute atomic E-state index is 0.186. The number of benzene rings is 2. The van der Waals surface area contributed by atoms with E-state index in [-0.39, 0.29) is 12.4 Å². The molecule has 0 fully saturated rings. The average molecular weight is 296 g/mol. The SMILES string of the molecule is N#CC(=Cc1ccc(OCC(N)=O)cc1)c1ccc(F)cc1. The number of primary amides is 1. The molecular weight excluding hydrogens is 283 g/mol. The fraction of sp³-hybridized carbons (Fsp3) is 0.0588. The molecule has 0 saturated heterocycles. The first-order chi connectivity index (χ1) is 10.6. The van der Waals surface area contributed by atoms with Gasteiger partial charge in [-0.05, 0) is 41.5 Å². The summed E-state index contributed by atoms with van der Waals surface area (Å²) in [7, 11) is 0. The van der Waals surface area contributed by atoms with E-state index in [1.807, 2.05) is 0 Å². The van der Waals surface area contributed by atoms with Gasteiger partial charge in [0.15, 0.2) is 6.61 Å². The van der Waals surface area contributed by atoms with Crippen LogP contribution in [0.3, 0.4) is 0 Å². The highest BCUT2D eigenvalue weighted by atomic mass is 19.1. The van der Waals surface area contributed by atoms with Crippen molar-refractivity contribution in [3.63, 3.8) is 0 Å². The number of nitriles is 1. The molecule has 2 rings (SSSR count). The van der Waals surface area contributed by atoms with Crippen molar-refractivity contribution in [3.05, 3.63) is 65.5 Å². The lowest BCUT2D eigenvalue weighted by molar-refractivity contribution is -0.119. The molecule has 0 saturated carbocycles. The van der Waals surface area contributed by atoms with Crippen LogP contribution in [-0.2, 0) is 4.79 Å². The fourth-order valence-electron chi connectivity index (χ4n) is 1.79. The minimum atomic E-state index is -0.549. The van der Waals surface area contributed by atoms with Crippen molar-refractivity contribution in [3.8, 4) is 11.8 Å². The molecule has 4 nitrogen and oxygen atoms in total. The second kappa shape index (κ2) is 7.04. The van der Waals surface area contributed by atoms with Gasteiger partial charge in [0.05, 0.1) is 11.6 Å². The number of halogens is 1. The molecule has 2 aromatic rings. The van der Waals surface area contributed by atoms with E-state index in [4.69, 9.17) is 10.5 Å². The van der Waals surface area contributed by atoms with E-state index in [1.54, 1.807) is 42.5 Å². The Balaban J connectivity index is 2.18. The quantitative estimate of drug-likeness (QED) is 0.681. The maximum Gasteiger partial charge on any atom is 0.255 e. The predicted molar refractivity (Wildman–Crippen MR) is 81.0 cm³/mol. The average Bonchev–Trinajstić information content (AvgIpc) is 2.52. The maximum atomic E-state index is 12.9. The number of carbonyl (C=O) groups is 1. The Kier molecular flexibility index (Phi) is 4.89. The van der Waals surface area contributed by atoms with Crippen LogP contribution < -0.4 is 10.5 Å². The largest absolute Gasteiger partial charge is 0.484 e. The standard InChI is InChI=1S/C17H13FN2O2/c18-15-5-3-13(4-6-15)14(10-19)9-12-1-7-16(8-2-12)22-11-17(20)21/h1-9H,11H2,(H2,20,21). The van der Waals surface area contributed by atoms with Gasteiger partial charge in [0.2, 0.25) is 0 Å². The van der Waals surface area contributed by atoms with Gasteiger partial charge in [0.1, 0.15) is 11.6 Å². The maximum absolute atomic E-state index is 12.9. The molecular formula is C17H13FN2O2. The highest BCUT2D eigenvalue weighted by Gasteiger charge is 2.02. The molecule has 0 atom stereocenters. The summed E-state index contributed by atoms with van der Waals surface area (Å²) in [6, 6.07) is 14.6. The Bertz CT molecular complexity index is 729. The molecule has 110 valence electrons. The number of carbonyl (C=O) groups excluding carboxylic acids is 1. The van der Waals surface area contributed by atoms with Crippen LogP contribution in [-0.4, -0.2) is 12.5 Å². The molecule has 2 aromatic carbocycles. The Morgan fingerprint density at radius 1 is 1.18 bits per heavy atom. The van der Waals surface area contributed by atoms with Crippen LogP contribution in [0.25, 0.3) is 11.6 Å². The summed E-state index contributed by atoms with van der Waals surface area (Å²) in [5.74, 6) is -0.389. The first-order valence-corrected chi connectivity index (χ1v) is 6.47. The van der Waals surface area contributed by atoms with Crippen molar-refractivity contribution in [2.24, 2.45) is 5.73 Å². The van der Waals surface area contributed by atoms with Crippen molar-refractivity contribution >= 4 is 17.6 Å². The molecule has 0 aliphatic carbocycles. The number of nitrogens with zero attached hydrogens (tertiary/aromatic N) is 1. The molecule has 2 N–H and O–H groups in total. The Hall–Kier alpha value is -3.13. The monoisotopic (exact) mass is 296 g/mol. The summed E-state index contributed by atoms with van der Waals surface area (Å²) in [6.07, 6.45) is 1.69. The third-order valence-electron chi connectivity index (χ3n) is 2.85. The number of ether oxygens (including phenoxy) is 1. The van der Waals surface area contributed by atoms with Crippen LogP contribution in [0, 0.1) is 17.1 Å². The van der Waals surface area contributed by atoms with E-state index in [1.165, 1.54) is 12.1 Å². The summed E-state index contributed by atoms with van der Waals surface area (Å²) in [5, 5.41) is 9.22. The van der Waals surface area contributed by atoms with Gasteiger partial charge in [-0.2, -0.15) is 5.26 Å². The smallest absolute Gasteiger partial charge is 0.255 e. The second-order valence-electron chi connectivity index (χ2n) is 4.50. The van der Waals surface area contributed by atoms with Crippen LogP contribution in [0.5, 0.6) is 5.75 Å². The molecule has 22 heavy (non-hydrogen) atoms. The first kappa shape index (κ1) is 15.3. The van der Waals surface area contributed by atoms with E-state index in [9.17, 15) is 14.4 Å². The fourth-order valence-corrected chi connectivity index (χ4v) is 1.79. The van der Waals surface area contributed by atoms with E-state index < -0.39 is 5.91 Å². The number of rotatable bonds is 5. The lowest BCUT2D eigenvalue weighted by Gasteiger charge is -2.04. The summed E-state index contributed by atoms with van der Waals surface area (Å²) in [6.45, 7) is -0.186. The third kappa shape index (κ3) is 4.18. The third-order valence-corrected chi connectivity index (χ3v) is 2.85. The van der Waals surface area contributed by atoms with E-state index in [2.05, 4.69) is 6.07 Å². The highest BCUT2D eigenvalue weighted by molar-refractivity contribution is 5.89. The zero-order chi connectivity index (χ0) is 15.9. The summed E-state index contributed by atoms with van der Waals surface area (Å²) >= 11 is 0. The number of allylic oxidation sites excluding steroid dienone is 1. The molecule has 0 heterocycles. The van der Waals surface area contributed by atoms with Gasteiger partial charge in [-0.1, -0.05) is 24.3 Å². The van der Waals surface area contributed by atoms with Crippen molar-refractivity contribution in [1.82, 2.24) is 0 Å². The van der Waals surface area contributed by atoms with Gasteiger partial charge in [0, 0.05) is 0 Å². The normalized spacial score (nSPS) is 10.8. The van der Waals surface area contributed by atoms with Crippen molar-refractivity contribution in [2.75, 3.05) is 6.61 Å². The zero-order valence-electron chi connectivity index (χ0n) is 11.6. The van der Waals surface area contributed by atoms with Crippen LogP contribution in [0.15, 0.2) is 48.5 Å². The lowest BCUT2D eigenvalue weighted by atomic mass is 10.0. The van der Waals surface area contributed by atoms with E-state index >= 15 is 0 Å².